The molecule has 0 amide bonds. The van der Waals surface area contributed by atoms with Crippen LogP contribution in [-0.2, 0) is 39.0 Å². The zero-order valence-corrected chi connectivity index (χ0v) is 22.0. The number of aromatic nitrogens is 3. The van der Waals surface area contributed by atoms with Gasteiger partial charge >= 0.3 is 112 Å². The van der Waals surface area contributed by atoms with Gasteiger partial charge in [0.15, 0.2) is 0 Å². The van der Waals surface area contributed by atoms with Crippen LogP contribution < -0.4 is 0 Å². The van der Waals surface area contributed by atoms with E-state index in [0.717, 1.165) is 33.4 Å². The number of halogens is 5. The first-order chi connectivity index (χ1) is 13.2. The fourth-order valence-electron chi connectivity index (χ4n) is 2.98. The SMILES string of the molecule is Cn1[nH]c(Cc2ccc(C(F)(F)F)cc2)n[c]1=[Pt].IN(I)C1CCCCCC1. The van der Waals surface area contributed by atoms with Crippen molar-refractivity contribution >= 4 is 45.7 Å². The van der Waals surface area contributed by atoms with Crippen LogP contribution in [0, 0.1) is 3.80 Å². The number of hydrogen-bond acceptors (Lipinski definition) is 2. The molecule has 10 heteroatoms. The van der Waals surface area contributed by atoms with Crippen molar-refractivity contribution in [2.45, 2.75) is 57.2 Å². The van der Waals surface area contributed by atoms with Gasteiger partial charge in [-0.2, -0.15) is 1.33 Å². The quantitative estimate of drug-likeness (QED) is 0.230. The van der Waals surface area contributed by atoms with Crippen LogP contribution in [0.5, 0.6) is 0 Å². The number of aryl methyl sites for hydroxylation is 1. The Kier molecular flexibility index (Phi) is 10.2. The van der Waals surface area contributed by atoms with Crippen LogP contribution in [0.15, 0.2) is 24.3 Å². The molecule has 1 heterocycles. The number of nitrogens with zero attached hydrogens (tertiary/aromatic N) is 3. The van der Waals surface area contributed by atoms with Crippen molar-refractivity contribution in [1.82, 2.24) is 16.1 Å². The number of nitrogens with one attached hydrogen (secondary N) is 1. The van der Waals surface area contributed by atoms with E-state index in [-0.39, 0.29) is 0 Å². The van der Waals surface area contributed by atoms with Crippen molar-refractivity contribution in [3.63, 3.8) is 0 Å². The van der Waals surface area contributed by atoms with Gasteiger partial charge in [-0.1, -0.05) is 25.7 Å². The summed E-state index contributed by atoms with van der Waals surface area (Å²) in [6.07, 6.45) is 4.80. The van der Waals surface area contributed by atoms with Crippen molar-refractivity contribution in [2.75, 3.05) is 0 Å². The zero-order valence-electron chi connectivity index (χ0n) is 15.4. The molecule has 0 unspecified atom stereocenters. The maximum Gasteiger partial charge on any atom is 0.0311 e. The molecular weight excluding hydrogens is 778 g/mol. The summed E-state index contributed by atoms with van der Waals surface area (Å²) < 4.78 is 42.0. The van der Waals surface area contributed by atoms with Gasteiger partial charge in [0.2, 0.25) is 0 Å². The van der Waals surface area contributed by atoms with E-state index in [9.17, 15) is 13.2 Å². The standard InChI is InChI=1S/C11H10F3N3.C7H13I2N.Pt/c1-17-7-15-10(16-17)6-8-2-4-9(5-3-8)11(12,13)14;8-10(9)7-5-3-1-2-4-6-7;/h2-5H,6H2,1H3,(H,15,16);7H,1-6H2;. The minimum Gasteiger partial charge on any atom is -0.185 e. The third-order valence-corrected chi connectivity index (χ3v) is 7.12. The average Bonchev–Trinajstić information content (AvgIpc) is 2.82. The summed E-state index contributed by atoms with van der Waals surface area (Å²) in [6, 6.07) is 5.97. The summed E-state index contributed by atoms with van der Waals surface area (Å²) in [5, 5.41) is 3.01. The molecule has 1 aliphatic rings. The van der Waals surface area contributed by atoms with Crippen molar-refractivity contribution in [3.05, 3.63) is 45.0 Å². The van der Waals surface area contributed by atoms with Crippen molar-refractivity contribution in [2.24, 2.45) is 7.05 Å². The zero-order chi connectivity index (χ0) is 20.7. The molecule has 0 radical (unpaired) electrons. The molecule has 28 heavy (non-hydrogen) atoms. The first-order valence-electron chi connectivity index (χ1n) is 9.01. The summed E-state index contributed by atoms with van der Waals surface area (Å²) >= 11 is 6.86. The van der Waals surface area contributed by atoms with Crippen LogP contribution in [0.3, 0.4) is 0 Å². The van der Waals surface area contributed by atoms with Crippen LogP contribution >= 0.6 is 45.7 Å². The first kappa shape index (κ1) is 24.5. The molecular formula is C18H23F3I2N4Pt. The van der Waals surface area contributed by atoms with Crippen LogP contribution in [0.25, 0.3) is 0 Å². The topological polar surface area (TPSA) is 36.9 Å². The van der Waals surface area contributed by atoms with Crippen LogP contribution in [-0.4, -0.2) is 22.1 Å². The van der Waals surface area contributed by atoms with E-state index in [1.807, 2.05) is 7.05 Å². The minimum atomic E-state index is -4.29. The third kappa shape index (κ3) is 8.18. The molecule has 0 bridgehead atoms. The molecule has 1 aromatic carbocycles. The number of aromatic amines is 1. The van der Waals surface area contributed by atoms with Crippen LogP contribution in [0.1, 0.15) is 55.5 Å². The fraction of sp³-hybridized carbons (Fsp3) is 0.556. The van der Waals surface area contributed by atoms with Crippen LogP contribution in [0.4, 0.5) is 13.2 Å². The first-order valence-corrected chi connectivity index (χ1v) is 12.1. The second kappa shape index (κ2) is 11.6. The molecule has 4 nitrogen and oxygen atoms in total. The molecule has 0 aliphatic heterocycles. The summed E-state index contributed by atoms with van der Waals surface area (Å²) in [4.78, 5) is 4.25. The predicted molar refractivity (Wildman–Crippen MR) is 116 cm³/mol. The smallest absolute Gasteiger partial charge is 0.0311 e. The van der Waals surface area contributed by atoms with Crippen LogP contribution in [0.2, 0.25) is 0 Å². The number of H-pyrrole nitrogens is 1. The Morgan fingerprint density at radius 1 is 1.14 bits per heavy atom. The Balaban J connectivity index is 0.000000237. The number of benzene rings is 1. The maximum absolute atomic E-state index is 12.4. The molecule has 0 spiro atoms. The van der Waals surface area contributed by atoms with Gasteiger partial charge in [0, 0.05) is 51.8 Å². The van der Waals surface area contributed by atoms with Gasteiger partial charge in [-0.3, -0.25) is 0 Å². The van der Waals surface area contributed by atoms with E-state index < -0.39 is 11.7 Å². The molecule has 0 saturated heterocycles. The fourth-order valence-corrected chi connectivity index (χ4v) is 4.52. The van der Waals surface area contributed by atoms with Gasteiger partial charge in [-0.25, -0.2) is 0 Å². The molecule has 3 rings (SSSR count). The second-order valence-electron chi connectivity index (χ2n) is 6.75. The van der Waals surface area contributed by atoms with Gasteiger partial charge in [-0.15, -0.1) is 0 Å². The summed E-state index contributed by atoms with van der Waals surface area (Å²) in [5.74, 6) is 0.724. The Labute approximate surface area is 202 Å². The minimum absolute atomic E-state index is 0.481. The molecule has 1 N–H and O–H groups in total. The van der Waals surface area contributed by atoms with Gasteiger partial charge in [0.05, 0.1) is 0 Å². The maximum atomic E-state index is 12.4. The summed E-state index contributed by atoms with van der Waals surface area (Å²) in [7, 11) is 1.82. The Bertz CT molecular complexity index is 779. The molecule has 1 aromatic heterocycles. The number of rotatable bonds is 3. The monoisotopic (exact) mass is 801 g/mol. The normalized spacial score (nSPS) is 15.9. The van der Waals surface area contributed by atoms with Crippen molar-refractivity contribution < 1.29 is 32.5 Å². The van der Waals surface area contributed by atoms with Crippen molar-refractivity contribution in [1.29, 1.82) is 0 Å². The summed E-state index contributed by atoms with van der Waals surface area (Å²) in [5.41, 5.74) is 0.153. The van der Waals surface area contributed by atoms with E-state index in [0.29, 0.717) is 6.42 Å². The average molecular weight is 801 g/mol. The van der Waals surface area contributed by atoms with Gasteiger partial charge < -0.3 is 0 Å². The van der Waals surface area contributed by atoms with Gasteiger partial charge in [0.1, 0.15) is 0 Å². The molecule has 0 atom stereocenters. The summed E-state index contributed by atoms with van der Waals surface area (Å²) in [6.45, 7) is 0. The number of alkyl halides is 3. The van der Waals surface area contributed by atoms with Gasteiger partial charge in [-0.05, 0) is 12.8 Å². The van der Waals surface area contributed by atoms with E-state index in [1.54, 1.807) is 4.68 Å². The van der Waals surface area contributed by atoms with Gasteiger partial charge in [0.25, 0.3) is 0 Å². The Hall–Kier alpha value is 0.258. The number of hydrogen-bond donors (Lipinski definition) is 1. The molecule has 1 fully saturated rings. The largest absolute Gasteiger partial charge is 0.185 e. The van der Waals surface area contributed by atoms with E-state index in [1.165, 1.54) is 50.7 Å². The molecule has 2 aromatic rings. The second-order valence-corrected chi connectivity index (χ2v) is 11.7. The van der Waals surface area contributed by atoms with E-state index in [4.69, 9.17) is 0 Å². The predicted octanol–water partition coefficient (Wildman–Crippen LogP) is 6.15. The van der Waals surface area contributed by atoms with E-state index in [2.05, 4.69) is 76.5 Å². The van der Waals surface area contributed by atoms with Crippen molar-refractivity contribution in [3.8, 4) is 0 Å². The molecule has 1 aliphatic carbocycles. The molecule has 160 valence electrons. The third-order valence-electron chi connectivity index (χ3n) is 4.53. The van der Waals surface area contributed by atoms with E-state index >= 15 is 0 Å². The Morgan fingerprint density at radius 2 is 1.71 bits per heavy atom. The molecule has 1 saturated carbocycles. The Morgan fingerprint density at radius 3 is 2.14 bits per heavy atom.